The fourth-order valence-corrected chi connectivity index (χ4v) is 2.13. The molecule has 0 saturated carbocycles. The fourth-order valence-electron chi connectivity index (χ4n) is 2.13. The summed E-state index contributed by atoms with van der Waals surface area (Å²) in [6, 6.07) is 6.73. The van der Waals surface area contributed by atoms with Crippen LogP contribution in [0.2, 0.25) is 0 Å². The van der Waals surface area contributed by atoms with Crippen LogP contribution in [0.5, 0.6) is 17.2 Å². The van der Waals surface area contributed by atoms with Gasteiger partial charge >= 0.3 is 0 Å². The molecule has 0 fully saturated rings. The van der Waals surface area contributed by atoms with Gasteiger partial charge in [0.1, 0.15) is 5.75 Å². The Morgan fingerprint density at radius 3 is 2.38 bits per heavy atom. The third-order valence-corrected chi connectivity index (χ3v) is 3.35. The van der Waals surface area contributed by atoms with Gasteiger partial charge in [-0.05, 0) is 50.5 Å². The maximum atomic E-state index is 13.7. The highest BCUT2D eigenvalue weighted by Gasteiger charge is 2.12. The zero-order valence-corrected chi connectivity index (χ0v) is 12.8. The molecule has 0 aliphatic carbocycles. The highest BCUT2D eigenvalue weighted by Crippen LogP contribution is 2.35. The number of nitrogen functional groups attached to an aromatic ring is 1. The van der Waals surface area contributed by atoms with Crippen LogP contribution in [0.15, 0.2) is 24.3 Å². The van der Waals surface area contributed by atoms with E-state index in [-0.39, 0.29) is 11.4 Å². The molecule has 112 valence electrons. The van der Waals surface area contributed by atoms with Crippen LogP contribution in [0.4, 0.5) is 10.1 Å². The molecule has 0 heterocycles. The minimum absolute atomic E-state index is 0.142. The van der Waals surface area contributed by atoms with E-state index in [4.69, 9.17) is 15.2 Å². The number of ether oxygens (including phenoxy) is 2. The zero-order valence-electron chi connectivity index (χ0n) is 12.8. The van der Waals surface area contributed by atoms with E-state index in [1.165, 1.54) is 12.1 Å². The first-order chi connectivity index (χ1) is 9.92. The maximum absolute atomic E-state index is 13.7. The van der Waals surface area contributed by atoms with Crippen LogP contribution in [-0.4, -0.2) is 6.61 Å². The third kappa shape index (κ3) is 3.27. The van der Waals surface area contributed by atoms with Gasteiger partial charge in [-0.15, -0.1) is 0 Å². The number of hydrogen-bond acceptors (Lipinski definition) is 3. The summed E-state index contributed by atoms with van der Waals surface area (Å²) in [5.74, 6) is 0.767. The molecular weight excluding hydrogens is 269 g/mol. The largest absolute Gasteiger partial charge is 0.491 e. The predicted octanol–water partition coefficient (Wildman–Crippen LogP) is 4.52. The summed E-state index contributed by atoms with van der Waals surface area (Å²) < 4.78 is 24.8. The SMILES string of the molecule is CCOc1cc(Oc2cc(C)cc(C)c2C)c(N)cc1F. The van der Waals surface area contributed by atoms with E-state index >= 15 is 0 Å². The van der Waals surface area contributed by atoms with Gasteiger partial charge in [-0.1, -0.05) is 6.07 Å². The number of anilines is 1. The highest BCUT2D eigenvalue weighted by atomic mass is 19.1. The lowest BCUT2D eigenvalue weighted by molar-refractivity contribution is 0.319. The highest BCUT2D eigenvalue weighted by molar-refractivity contribution is 5.58. The van der Waals surface area contributed by atoms with E-state index in [0.29, 0.717) is 18.1 Å². The second kappa shape index (κ2) is 6.04. The Kier molecular flexibility index (Phi) is 4.36. The normalized spacial score (nSPS) is 10.5. The summed E-state index contributed by atoms with van der Waals surface area (Å²) in [5.41, 5.74) is 9.35. The molecule has 3 nitrogen and oxygen atoms in total. The number of hydrogen-bond donors (Lipinski definition) is 1. The third-order valence-electron chi connectivity index (χ3n) is 3.35. The molecule has 0 unspecified atom stereocenters. The molecule has 21 heavy (non-hydrogen) atoms. The van der Waals surface area contributed by atoms with Crippen molar-refractivity contribution in [3.8, 4) is 17.2 Å². The average molecular weight is 289 g/mol. The maximum Gasteiger partial charge on any atom is 0.167 e. The van der Waals surface area contributed by atoms with Gasteiger partial charge in [-0.25, -0.2) is 4.39 Å². The molecule has 0 aliphatic rings. The van der Waals surface area contributed by atoms with Crippen molar-refractivity contribution >= 4 is 5.69 Å². The first-order valence-electron chi connectivity index (χ1n) is 6.90. The van der Waals surface area contributed by atoms with Gasteiger partial charge in [-0.2, -0.15) is 0 Å². The first kappa shape index (κ1) is 15.2. The molecule has 2 aromatic rings. The van der Waals surface area contributed by atoms with Crippen LogP contribution in [-0.2, 0) is 0 Å². The Balaban J connectivity index is 2.42. The minimum atomic E-state index is -0.487. The number of benzene rings is 2. The predicted molar refractivity (Wildman–Crippen MR) is 82.7 cm³/mol. The van der Waals surface area contributed by atoms with E-state index in [1.807, 2.05) is 26.8 Å². The van der Waals surface area contributed by atoms with Gasteiger partial charge in [0.2, 0.25) is 0 Å². The lowest BCUT2D eigenvalue weighted by atomic mass is 10.1. The average Bonchev–Trinajstić information content (AvgIpc) is 2.41. The van der Waals surface area contributed by atoms with E-state index in [1.54, 1.807) is 6.92 Å². The van der Waals surface area contributed by atoms with Crippen molar-refractivity contribution < 1.29 is 13.9 Å². The standard InChI is InChI=1S/C17H20FNO2/c1-5-20-16-9-17(14(19)8-13(16)18)21-15-7-10(2)6-11(3)12(15)4/h6-9H,5,19H2,1-4H3. The second-order valence-corrected chi connectivity index (χ2v) is 5.06. The minimum Gasteiger partial charge on any atom is -0.491 e. The zero-order chi connectivity index (χ0) is 15.6. The summed E-state index contributed by atoms with van der Waals surface area (Å²) in [7, 11) is 0. The topological polar surface area (TPSA) is 44.5 Å². The van der Waals surface area contributed by atoms with E-state index in [9.17, 15) is 4.39 Å². The Labute approximate surface area is 124 Å². The molecule has 0 amide bonds. The van der Waals surface area contributed by atoms with Crippen molar-refractivity contribution in [2.45, 2.75) is 27.7 Å². The number of halogens is 1. The monoisotopic (exact) mass is 289 g/mol. The molecule has 2 rings (SSSR count). The molecule has 2 aromatic carbocycles. The van der Waals surface area contributed by atoms with Gasteiger partial charge in [-0.3, -0.25) is 0 Å². The fraction of sp³-hybridized carbons (Fsp3) is 0.294. The van der Waals surface area contributed by atoms with Crippen LogP contribution in [0.25, 0.3) is 0 Å². The molecule has 2 N–H and O–H groups in total. The molecule has 0 aromatic heterocycles. The molecule has 0 saturated heterocycles. The van der Waals surface area contributed by atoms with Crippen LogP contribution in [0.1, 0.15) is 23.6 Å². The molecule has 4 heteroatoms. The van der Waals surface area contributed by atoms with Crippen molar-refractivity contribution in [3.05, 3.63) is 46.8 Å². The Bertz CT molecular complexity index is 668. The first-order valence-corrected chi connectivity index (χ1v) is 6.90. The smallest absolute Gasteiger partial charge is 0.167 e. The number of aryl methyl sites for hydroxylation is 2. The van der Waals surface area contributed by atoms with Crippen LogP contribution in [0, 0.1) is 26.6 Å². The van der Waals surface area contributed by atoms with Gasteiger partial charge < -0.3 is 15.2 Å². The molecule has 0 spiro atoms. The Hall–Kier alpha value is -2.23. The molecule has 0 bridgehead atoms. The van der Waals surface area contributed by atoms with Crippen molar-refractivity contribution in [1.82, 2.24) is 0 Å². The lowest BCUT2D eigenvalue weighted by Crippen LogP contribution is -2.00. The molecule has 0 radical (unpaired) electrons. The summed E-state index contributed by atoms with van der Waals surface area (Å²) in [4.78, 5) is 0. The Morgan fingerprint density at radius 1 is 1.00 bits per heavy atom. The summed E-state index contributed by atoms with van der Waals surface area (Å²) in [6.07, 6.45) is 0. The van der Waals surface area contributed by atoms with Gasteiger partial charge in [0, 0.05) is 12.1 Å². The van der Waals surface area contributed by atoms with Gasteiger partial charge in [0.15, 0.2) is 17.3 Å². The quantitative estimate of drug-likeness (QED) is 0.841. The summed E-state index contributed by atoms with van der Waals surface area (Å²) in [5, 5.41) is 0. The van der Waals surface area contributed by atoms with Crippen molar-refractivity contribution in [1.29, 1.82) is 0 Å². The molecule has 0 atom stereocenters. The lowest BCUT2D eigenvalue weighted by Gasteiger charge is -2.15. The van der Waals surface area contributed by atoms with Crippen molar-refractivity contribution in [2.24, 2.45) is 0 Å². The summed E-state index contributed by atoms with van der Waals surface area (Å²) in [6.45, 7) is 8.17. The van der Waals surface area contributed by atoms with Crippen molar-refractivity contribution in [2.75, 3.05) is 12.3 Å². The van der Waals surface area contributed by atoms with Gasteiger partial charge in [0.05, 0.1) is 12.3 Å². The van der Waals surface area contributed by atoms with E-state index in [0.717, 1.165) is 16.7 Å². The van der Waals surface area contributed by atoms with Crippen LogP contribution in [0.3, 0.4) is 0 Å². The molecular formula is C17H20FNO2. The van der Waals surface area contributed by atoms with Crippen LogP contribution < -0.4 is 15.2 Å². The van der Waals surface area contributed by atoms with Crippen molar-refractivity contribution in [3.63, 3.8) is 0 Å². The van der Waals surface area contributed by atoms with E-state index < -0.39 is 5.82 Å². The number of nitrogens with two attached hydrogens (primary N) is 1. The molecule has 0 aliphatic heterocycles. The Morgan fingerprint density at radius 2 is 1.71 bits per heavy atom. The number of rotatable bonds is 4. The second-order valence-electron chi connectivity index (χ2n) is 5.06. The van der Waals surface area contributed by atoms with Gasteiger partial charge in [0.25, 0.3) is 0 Å². The van der Waals surface area contributed by atoms with Crippen LogP contribution >= 0.6 is 0 Å². The van der Waals surface area contributed by atoms with E-state index in [2.05, 4.69) is 6.07 Å². The summed E-state index contributed by atoms with van der Waals surface area (Å²) >= 11 is 0.